The summed E-state index contributed by atoms with van der Waals surface area (Å²) in [5.74, 6) is 0. The van der Waals surface area contributed by atoms with Crippen LogP contribution in [0.3, 0.4) is 0 Å². The third-order valence-corrected chi connectivity index (χ3v) is 2.55. The molecule has 1 aliphatic heterocycles. The number of aliphatic hydroxyl groups excluding tert-OH is 1. The summed E-state index contributed by atoms with van der Waals surface area (Å²) < 4.78 is 0. The summed E-state index contributed by atoms with van der Waals surface area (Å²) in [5, 5.41) is 8.72. The highest BCUT2D eigenvalue weighted by atomic mass is 16.3. The van der Waals surface area contributed by atoms with Gasteiger partial charge in [-0.05, 0) is 19.3 Å². The normalized spacial score (nSPS) is 34.2. The molecule has 0 aromatic heterocycles. The van der Waals surface area contributed by atoms with Crippen molar-refractivity contribution >= 4 is 0 Å². The third kappa shape index (κ3) is 1.96. The summed E-state index contributed by atoms with van der Waals surface area (Å²) in [5.41, 5.74) is 0. The van der Waals surface area contributed by atoms with E-state index in [2.05, 4.69) is 7.05 Å². The Bertz CT molecular complexity index is 93.3. The minimum atomic E-state index is 0.363. The van der Waals surface area contributed by atoms with Crippen LogP contribution in [0.1, 0.15) is 25.7 Å². The molecular formula is C8H18NO+. The predicted octanol–water partition coefficient (Wildman–Crippen LogP) is -0.564. The van der Waals surface area contributed by atoms with Gasteiger partial charge in [-0.1, -0.05) is 0 Å². The van der Waals surface area contributed by atoms with Crippen LogP contribution >= 0.6 is 0 Å². The van der Waals surface area contributed by atoms with Gasteiger partial charge in [-0.25, -0.2) is 0 Å². The zero-order valence-corrected chi connectivity index (χ0v) is 6.77. The summed E-state index contributed by atoms with van der Waals surface area (Å²) in [6, 6.07) is 0.735. The molecule has 60 valence electrons. The first-order chi connectivity index (χ1) is 4.84. The molecule has 1 rings (SSSR count). The Morgan fingerprint density at radius 3 is 2.90 bits per heavy atom. The number of rotatable bonds is 2. The van der Waals surface area contributed by atoms with Crippen LogP contribution in [0.2, 0.25) is 0 Å². The van der Waals surface area contributed by atoms with Crippen LogP contribution in [0.5, 0.6) is 0 Å². The minimum absolute atomic E-state index is 0.363. The van der Waals surface area contributed by atoms with Crippen molar-refractivity contribution in [2.24, 2.45) is 0 Å². The van der Waals surface area contributed by atoms with Gasteiger partial charge in [0, 0.05) is 13.0 Å². The fourth-order valence-corrected chi connectivity index (χ4v) is 1.79. The van der Waals surface area contributed by atoms with Crippen LogP contribution in [0.15, 0.2) is 0 Å². The number of hydrogen-bond donors (Lipinski definition) is 2. The molecule has 2 N–H and O–H groups in total. The number of hydrogen-bond acceptors (Lipinski definition) is 1. The highest BCUT2D eigenvalue weighted by Gasteiger charge is 2.21. The lowest BCUT2D eigenvalue weighted by molar-refractivity contribution is -0.911. The molecule has 0 aromatic carbocycles. The lowest BCUT2D eigenvalue weighted by Crippen LogP contribution is -3.13. The van der Waals surface area contributed by atoms with Crippen molar-refractivity contribution in [3.63, 3.8) is 0 Å². The molecule has 0 spiro atoms. The van der Waals surface area contributed by atoms with E-state index in [4.69, 9.17) is 5.11 Å². The van der Waals surface area contributed by atoms with Crippen LogP contribution in [0.4, 0.5) is 0 Å². The first-order valence-corrected chi connectivity index (χ1v) is 4.27. The van der Waals surface area contributed by atoms with E-state index in [1.165, 1.54) is 25.8 Å². The summed E-state index contributed by atoms with van der Waals surface area (Å²) in [6.45, 7) is 1.66. The fourth-order valence-electron chi connectivity index (χ4n) is 1.79. The third-order valence-electron chi connectivity index (χ3n) is 2.55. The predicted molar refractivity (Wildman–Crippen MR) is 41.1 cm³/mol. The molecule has 0 radical (unpaired) electrons. The minimum Gasteiger partial charge on any atom is -0.396 e. The van der Waals surface area contributed by atoms with Gasteiger partial charge in [0.25, 0.3) is 0 Å². The van der Waals surface area contributed by atoms with Gasteiger partial charge in [-0.2, -0.15) is 0 Å². The molecule has 1 unspecified atom stereocenters. The molecule has 0 aromatic rings. The molecule has 1 fully saturated rings. The van der Waals surface area contributed by atoms with E-state index in [0.29, 0.717) is 6.61 Å². The van der Waals surface area contributed by atoms with E-state index in [-0.39, 0.29) is 0 Å². The Morgan fingerprint density at radius 1 is 1.50 bits per heavy atom. The van der Waals surface area contributed by atoms with Crippen LogP contribution in [-0.4, -0.2) is 31.3 Å². The molecule has 2 atom stereocenters. The van der Waals surface area contributed by atoms with Crippen molar-refractivity contribution in [1.82, 2.24) is 0 Å². The Balaban J connectivity index is 2.25. The molecule has 2 heteroatoms. The van der Waals surface area contributed by atoms with Crippen molar-refractivity contribution < 1.29 is 10.0 Å². The largest absolute Gasteiger partial charge is 0.396 e. The second-order valence-corrected chi connectivity index (χ2v) is 3.30. The Kier molecular flexibility index (Phi) is 3.16. The lowest BCUT2D eigenvalue weighted by Gasteiger charge is -2.28. The van der Waals surface area contributed by atoms with Crippen LogP contribution < -0.4 is 4.90 Å². The second kappa shape index (κ2) is 3.94. The van der Waals surface area contributed by atoms with Crippen LogP contribution in [-0.2, 0) is 0 Å². The second-order valence-electron chi connectivity index (χ2n) is 3.30. The van der Waals surface area contributed by atoms with Crippen molar-refractivity contribution in [1.29, 1.82) is 0 Å². The van der Waals surface area contributed by atoms with E-state index in [1.807, 2.05) is 0 Å². The lowest BCUT2D eigenvalue weighted by atomic mass is 10.0. The molecule has 0 amide bonds. The van der Waals surface area contributed by atoms with Crippen molar-refractivity contribution in [3.8, 4) is 0 Å². The van der Waals surface area contributed by atoms with E-state index in [9.17, 15) is 0 Å². The maximum Gasteiger partial charge on any atom is 0.0894 e. The van der Waals surface area contributed by atoms with Gasteiger partial charge < -0.3 is 10.0 Å². The standard InChI is InChI=1S/C8H17NO/c1-9-6-3-2-4-8(9)5-7-10/h8,10H,2-7H2,1H3/p+1/t8-/m1/s1. The van der Waals surface area contributed by atoms with Crippen molar-refractivity contribution in [3.05, 3.63) is 0 Å². The van der Waals surface area contributed by atoms with Gasteiger partial charge in [0.1, 0.15) is 0 Å². The van der Waals surface area contributed by atoms with E-state index < -0.39 is 0 Å². The summed E-state index contributed by atoms with van der Waals surface area (Å²) >= 11 is 0. The van der Waals surface area contributed by atoms with Gasteiger partial charge in [0.05, 0.1) is 19.6 Å². The molecule has 2 nitrogen and oxygen atoms in total. The first-order valence-electron chi connectivity index (χ1n) is 4.27. The summed E-state index contributed by atoms with van der Waals surface area (Å²) in [4.78, 5) is 1.61. The summed E-state index contributed by atoms with van der Waals surface area (Å²) in [7, 11) is 2.24. The maximum absolute atomic E-state index is 8.72. The van der Waals surface area contributed by atoms with Gasteiger partial charge >= 0.3 is 0 Å². The number of quaternary nitrogens is 1. The van der Waals surface area contributed by atoms with Crippen LogP contribution in [0, 0.1) is 0 Å². The highest BCUT2D eigenvalue weighted by Crippen LogP contribution is 2.04. The first kappa shape index (κ1) is 8.02. The van der Waals surface area contributed by atoms with Gasteiger partial charge in [0.15, 0.2) is 0 Å². The maximum atomic E-state index is 8.72. The molecule has 1 heterocycles. The zero-order chi connectivity index (χ0) is 7.40. The molecule has 1 saturated heterocycles. The van der Waals surface area contributed by atoms with Gasteiger partial charge in [-0.3, -0.25) is 0 Å². The molecule has 1 aliphatic rings. The van der Waals surface area contributed by atoms with Gasteiger partial charge in [0.2, 0.25) is 0 Å². The van der Waals surface area contributed by atoms with Crippen molar-refractivity contribution in [2.75, 3.05) is 20.2 Å². The average Bonchev–Trinajstić information content (AvgIpc) is 1.94. The average molecular weight is 144 g/mol. The highest BCUT2D eigenvalue weighted by molar-refractivity contribution is 4.59. The smallest absolute Gasteiger partial charge is 0.0894 e. The number of aliphatic hydroxyl groups is 1. The Hall–Kier alpha value is -0.0800. The fraction of sp³-hybridized carbons (Fsp3) is 1.00. The number of nitrogens with one attached hydrogen (secondary N) is 1. The number of likely N-dealkylation sites (tertiary alicyclic amines) is 1. The van der Waals surface area contributed by atoms with Crippen molar-refractivity contribution in [2.45, 2.75) is 31.7 Å². The Morgan fingerprint density at radius 2 is 2.30 bits per heavy atom. The van der Waals surface area contributed by atoms with Gasteiger partial charge in [-0.15, -0.1) is 0 Å². The monoisotopic (exact) mass is 144 g/mol. The topological polar surface area (TPSA) is 24.7 Å². The van der Waals surface area contributed by atoms with E-state index in [1.54, 1.807) is 4.90 Å². The molecule has 0 saturated carbocycles. The number of piperidine rings is 1. The quantitative estimate of drug-likeness (QED) is 0.533. The van der Waals surface area contributed by atoms with E-state index in [0.717, 1.165) is 12.5 Å². The summed E-state index contributed by atoms with van der Waals surface area (Å²) in [6.07, 6.45) is 5.04. The van der Waals surface area contributed by atoms with E-state index >= 15 is 0 Å². The molecule has 0 aliphatic carbocycles. The molecular weight excluding hydrogens is 126 g/mol. The zero-order valence-electron chi connectivity index (χ0n) is 6.77. The Labute approximate surface area is 62.8 Å². The van der Waals surface area contributed by atoms with Crippen LogP contribution in [0.25, 0.3) is 0 Å². The SMILES string of the molecule is C[NH+]1CCCC[C@@H]1CCO. The molecule has 0 bridgehead atoms. The molecule has 10 heavy (non-hydrogen) atoms.